The van der Waals surface area contributed by atoms with Crippen molar-refractivity contribution in [3.63, 3.8) is 0 Å². The molecule has 0 aromatic rings. The molecule has 0 aliphatic carbocycles. The van der Waals surface area contributed by atoms with E-state index in [1.54, 1.807) is 0 Å². The van der Waals surface area contributed by atoms with E-state index < -0.39 is 0 Å². The Morgan fingerprint density at radius 2 is 2.25 bits per heavy atom. The van der Waals surface area contributed by atoms with Crippen LogP contribution in [0.1, 0.15) is 8.27 Å². The summed E-state index contributed by atoms with van der Waals surface area (Å²) in [5.74, 6) is 0. The molecule has 0 aliphatic heterocycles. The summed E-state index contributed by atoms with van der Waals surface area (Å²) in [5.41, 5.74) is 0. The van der Waals surface area contributed by atoms with Gasteiger partial charge in [0.25, 0.3) is 0 Å². The van der Waals surface area contributed by atoms with E-state index in [0.29, 0.717) is 8.83 Å². The van der Waals surface area contributed by atoms with Gasteiger partial charge in [-0.3, -0.25) is 0 Å². The first-order valence-corrected chi connectivity index (χ1v) is 3.34. The van der Waals surface area contributed by atoms with Crippen LogP contribution in [0, 0.1) is 0 Å². The summed E-state index contributed by atoms with van der Waals surface area (Å²) in [7, 11) is 0. The molecule has 0 aromatic carbocycles. The molecule has 0 atom stereocenters. The molecule has 0 unspecified atom stereocenters. The van der Waals surface area contributed by atoms with Gasteiger partial charge in [0.1, 0.15) is 0 Å². The molecule has 0 saturated heterocycles. The van der Waals surface area contributed by atoms with Gasteiger partial charge in [-0.2, -0.15) is 0 Å². The van der Waals surface area contributed by atoms with Gasteiger partial charge in [-0.25, -0.2) is 0 Å². The Kier molecular flexibility index (Phi) is 2.44. The summed E-state index contributed by atoms with van der Waals surface area (Å²) in [5, 5.41) is 0. The van der Waals surface area contributed by atoms with Crippen LogP contribution in [0.25, 0.3) is 0 Å². The number of alkyl halides is 2. The predicted molar refractivity (Wildman–Crippen MR) is 37.5 cm³/mol. The third-order valence-corrected chi connectivity index (χ3v) is 0. The lowest BCUT2D eigenvalue weighted by atomic mass is 11.0. The van der Waals surface area contributed by atoms with Crippen molar-refractivity contribution in [3.8, 4) is 0 Å². The lowest BCUT2D eigenvalue weighted by molar-refractivity contribution is 1.54. The van der Waals surface area contributed by atoms with Crippen molar-refractivity contribution in [1.29, 1.82) is 0 Å². The highest BCUT2D eigenvalue weighted by molar-refractivity contribution is 14.2. The van der Waals surface area contributed by atoms with E-state index >= 15 is 0 Å². The van der Waals surface area contributed by atoms with Gasteiger partial charge in [0.2, 0.25) is 0 Å². The molecule has 0 spiro atoms. The molecule has 0 saturated carbocycles. The first-order chi connectivity index (χ1) is 2.27. The second kappa shape index (κ2) is 2.68. The topological polar surface area (TPSA) is 0 Å². The van der Waals surface area contributed by atoms with Crippen LogP contribution in [0.15, 0.2) is 0 Å². The Morgan fingerprint density at radius 3 is 2.25 bits per heavy atom. The molecular formula is C2H4I2. The van der Waals surface area contributed by atoms with E-state index in [4.69, 9.17) is 1.37 Å². The van der Waals surface area contributed by atoms with Crippen molar-refractivity contribution >= 4 is 45.2 Å². The molecule has 0 fully saturated rings. The third-order valence-electron chi connectivity index (χ3n) is 0. The van der Waals surface area contributed by atoms with Gasteiger partial charge >= 0.3 is 0 Å². The van der Waals surface area contributed by atoms with Gasteiger partial charge in [0.05, 0.1) is 1.93 Å². The lowest BCUT2D eigenvalue weighted by Crippen LogP contribution is -1.59. The van der Waals surface area contributed by atoms with Crippen LogP contribution >= 0.6 is 45.2 Å². The standard InChI is InChI=1S/C2H4I2/c1-2(3)4/h2H,1H3/i1D. The average Bonchev–Trinajstić information content (AvgIpc) is 1.38. The Bertz CT molecular complexity index is 21.6. The van der Waals surface area contributed by atoms with Gasteiger partial charge in [0.15, 0.2) is 0 Å². The minimum Gasteiger partial charge on any atom is -0.0713 e. The fourth-order valence-electron chi connectivity index (χ4n) is 0. The molecule has 26 valence electrons. The van der Waals surface area contributed by atoms with E-state index in [0.717, 1.165) is 0 Å². The summed E-state index contributed by atoms with van der Waals surface area (Å²) in [6, 6.07) is 0. The maximum Gasteiger partial charge on any atom is 0.0598 e. The van der Waals surface area contributed by atoms with Crippen LogP contribution in [0.4, 0.5) is 0 Å². The van der Waals surface area contributed by atoms with Gasteiger partial charge in [0, 0.05) is 1.37 Å². The average molecular weight is 283 g/mol. The van der Waals surface area contributed by atoms with Gasteiger partial charge in [-0.1, -0.05) is 45.2 Å². The molecule has 0 heterocycles. The summed E-state index contributed by atoms with van der Waals surface area (Å²) in [6.45, 7) is 0.529. The van der Waals surface area contributed by atoms with E-state index in [9.17, 15) is 0 Å². The van der Waals surface area contributed by atoms with Crippen molar-refractivity contribution < 1.29 is 1.37 Å². The Labute approximate surface area is 55.0 Å². The van der Waals surface area contributed by atoms with E-state index in [1.165, 1.54) is 0 Å². The Balaban J connectivity index is 2.54. The molecule has 0 N–H and O–H groups in total. The van der Waals surface area contributed by atoms with Gasteiger partial charge in [-0.05, 0) is 6.90 Å². The Hall–Kier alpha value is 1.46. The summed E-state index contributed by atoms with van der Waals surface area (Å²) in [6.07, 6.45) is 0. The molecule has 2 heteroatoms. The molecule has 0 radical (unpaired) electrons. The summed E-state index contributed by atoms with van der Waals surface area (Å²) in [4.78, 5) is 0. The second-order valence-electron chi connectivity index (χ2n) is 0.391. The molecule has 0 nitrogen and oxygen atoms in total. The van der Waals surface area contributed by atoms with Crippen molar-refractivity contribution in [1.82, 2.24) is 0 Å². The van der Waals surface area contributed by atoms with Crippen molar-refractivity contribution in [2.45, 2.75) is 8.83 Å². The summed E-state index contributed by atoms with van der Waals surface area (Å²) < 4.78 is 7.13. The van der Waals surface area contributed by atoms with Gasteiger partial charge < -0.3 is 0 Å². The van der Waals surface area contributed by atoms with E-state index in [-0.39, 0.29) is 0 Å². The highest BCUT2D eigenvalue weighted by Gasteiger charge is 1.73. The first-order valence-electron chi connectivity index (χ1n) is 1.55. The molecular weight excluding hydrogens is 278 g/mol. The SMILES string of the molecule is [2H]CC(I)I. The lowest BCUT2D eigenvalue weighted by Gasteiger charge is -1.73. The monoisotopic (exact) mass is 283 g/mol. The zero-order chi connectivity index (χ0) is 4.28. The number of rotatable bonds is 0. The van der Waals surface area contributed by atoms with E-state index in [2.05, 4.69) is 45.2 Å². The maximum atomic E-state index is 6.64. The first kappa shape index (κ1) is 3.64. The third kappa shape index (κ3) is 9.82. The van der Waals surface area contributed by atoms with Crippen LogP contribution in [-0.2, 0) is 0 Å². The smallest absolute Gasteiger partial charge is 0.0598 e. The normalized spacial score (nSPS) is 12.2. The molecule has 0 amide bonds. The predicted octanol–water partition coefficient (Wildman–Crippen LogP) is 2.20. The number of halogens is 2. The maximum absolute atomic E-state index is 6.64. The van der Waals surface area contributed by atoms with Crippen molar-refractivity contribution in [3.05, 3.63) is 0 Å². The van der Waals surface area contributed by atoms with E-state index in [1.807, 2.05) is 0 Å². The summed E-state index contributed by atoms with van der Waals surface area (Å²) >= 11 is 4.41. The minimum absolute atomic E-state index is 0.491. The molecule has 0 bridgehead atoms. The zero-order valence-electron chi connectivity index (χ0n) is 3.04. The highest BCUT2D eigenvalue weighted by Crippen LogP contribution is 2.05. The molecule has 0 aliphatic rings. The zero-order valence-corrected chi connectivity index (χ0v) is 6.36. The van der Waals surface area contributed by atoms with Crippen LogP contribution in [0.3, 0.4) is 0 Å². The largest absolute Gasteiger partial charge is 0.0713 e. The van der Waals surface area contributed by atoms with Crippen LogP contribution in [0.2, 0.25) is 0 Å². The van der Waals surface area contributed by atoms with Crippen LogP contribution < -0.4 is 0 Å². The number of hydrogen-bond donors (Lipinski definition) is 0. The quantitative estimate of drug-likeness (QED) is 0.472. The second-order valence-corrected chi connectivity index (χ2v) is 5.78. The fourth-order valence-corrected chi connectivity index (χ4v) is 0. The van der Waals surface area contributed by atoms with Crippen LogP contribution in [-0.4, -0.2) is 1.93 Å². The molecule has 0 rings (SSSR count). The molecule has 0 aromatic heterocycles. The highest BCUT2D eigenvalue weighted by atomic mass is 127. The van der Waals surface area contributed by atoms with Gasteiger partial charge in [-0.15, -0.1) is 0 Å². The number of hydrogen-bond acceptors (Lipinski definition) is 0. The Morgan fingerprint density at radius 1 is 2.00 bits per heavy atom. The fraction of sp³-hybridized carbons (Fsp3) is 1.00. The molecule has 4 heavy (non-hydrogen) atoms. The van der Waals surface area contributed by atoms with Crippen LogP contribution in [0.5, 0.6) is 0 Å². The van der Waals surface area contributed by atoms with Crippen molar-refractivity contribution in [2.24, 2.45) is 0 Å². The minimum atomic E-state index is 0.491. The van der Waals surface area contributed by atoms with Crippen molar-refractivity contribution in [2.75, 3.05) is 0 Å².